The van der Waals surface area contributed by atoms with Crippen molar-refractivity contribution < 1.29 is 14.3 Å². The Bertz CT molecular complexity index is 576. The van der Waals surface area contributed by atoms with Crippen LogP contribution in [0.4, 0.5) is 5.69 Å². The van der Waals surface area contributed by atoms with Gasteiger partial charge in [-0.3, -0.25) is 14.3 Å². The van der Waals surface area contributed by atoms with Gasteiger partial charge in [-0.1, -0.05) is 12.5 Å². The topological polar surface area (TPSA) is 76.5 Å². The molecule has 1 atom stereocenters. The van der Waals surface area contributed by atoms with Gasteiger partial charge in [0.2, 0.25) is 11.8 Å². The molecule has 0 spiro atoms. The van der Waals surface area contributed by atoms with Crippen LogP contribution in [0.1, 0.15) is 20.3 Å². The molecule has 0 bridgehead atoms. The first-order chi connectivity index (χ1) is 11.0. The summed E-state index contributed by atoms with van der Waals surface area (Å²) < 4.78 is 6.77. The predicted molar refractivity (Wildman–Crippen MR) is 86.9 cm³/mol. The van der Waals surface area contributed by atoms with E-state index in [1.54, 1.807) is 17.3 Å². The number of nitrogens with zero attached hydrogens (tertiary/aromatic N) is 3. The van der Waals surface area contributed by atoms with Gasteiger partial charge in [0.25, 0.3) is 0 Å². The molecule has 7 nitrogen and oxygen atoms in total. The summed E-state index contributed by atoms with van der Waals surface area (Å²) in [5.41, 5.74) is 1.57. The molecule has 0 saturated carbocycles. The quantitative estimate of drug-likeness (QED) is 0.801. The summed E-state index contributed by atoms with van der Waals surface area (Å²) in [6.45, 7) is 10.1. The Labute approximate surface area is 136 Å². The first-order valence-electron chi connectivity index (χ1n) is 7.79. The Balaban J connectivity index is 1.86. The Morgan fingerprint density at radius 1 is 1.43 bits per heavy atom. The highest BCUT2D eigenvalue weighted by molar-refractivity contribution is 5.92. The number of anilines is 1. The zero-order chi connectivity index (χ0) is 16.8. The number of aromatic nitrogens is 2. The van der Waals surface area contributed by atoms with Gasteiger partial charge in [-0.2, -0.15) is 5.10 Å². The molecule has 23 heavy (non-hydrogen) atoms. The van der Waals surface area contributed by atoms with Gasteiger partial charge in [-0.15, -0.1) is 6.58 Å². The molecule has 1 aliphatic heterocycles. The summed E-state index contributed by atoms with van der Waals surface area (Å²) in [4.78, 5) is 26.0. The van der Waals surface area contributed by atoms with Crippen LogP contribution in [-0.4, -0.2) is 52.8 Å². The molecule has 126 valence electrons. The van der Waals surface area contributed by atoms with Crippen molar-refractivity contribution >= 4 is 17.5 Å². The number of hydrogen-bond acceptors (Lipinski definition) is 4. The lowest BCUT2D eigenvalue weighted by atomic mass is 10.0. The van der Waals surface area contributed by atoms with E-state index < -0.39 is 0 Å². The summed E-state index contributed by atoms with van der Waals surface area (Å²) in [7, 11) is 0. The van der Waals surface area contributed by atoms with Crippen LogP contribution in [-0.2, 0) is 20.9 Å². The minimum atomic E-state index is -0.147. The fraction of sp³-hybridized carbons (Fsp3) is 0.562. The summed E-state index contributed by atoms with van der Waals surface area (Å²) >= 11 is 0. The van der Waals surface area contributed by atoms with Gasteiger partial charge in [0.1, 0.15) is 6.54 Å². The SMILES string of the molecule is C=C(C)C[C@H](C)C(=O)Nc1cnn(CC(=O)N2CCOCC2)c1. The maximum absolute atomic E-state index is 12.1. The van der Waals surface area contributed by atoms with Gasteiger partial charge < -0.3 is 15.0 Å². The van der Waals surface area contributed by atoms with Gasteiger partial charge in [-0.05, 0) is 13.3 Å². The minimum Gasteiger partial charge on any atom is -0.378 e. The number of nitrogens with one attached hydrogen (secondary N) is 1. The summed E-state index contributed by atoms with van der Waals surface area (Å²) in [5, 5.41) is 6.94. The second kappa shape index (κ2) is 7.92. The van der Waals surface area contributed by atoms with E-state index in [-0.39, 0.29) is 24.3 Å². The molecule has 0 radical (unpaired) electrons. The van der Waals surface area contributed by atoms with Crippen LogP contribution in [0.3, 0.4) is 0 Å². The average Bonchev–Trinajstić information content (AvgIpc) is 2.94. The predicted octanol–water partition coefficient (Wildman–Crippen LogP) is 1.28. The Morgan fingerprint density at radius 3 is 2.78 bits per heavy atom. The van der Waals surface area contributed by atoms with Crippen LogP contribution >= 0.6 is 0 Å². The van der Waals surface area contributed by atoms with Gasteiger partial charge in [0.15, 0.2) is 0 Å². The van der Waals surface area contributed by atoms with Crippen molar-refractivity contribution in [1.82, 2.24) is 14.7 Å². The van der Waals surface area contributed by atoms with Crippen LogP contribution in [0.2, 0.25) is 0 Å². The number of carbonyl (C=O) groups excluding carboxylic acids is 2. The monoisotopic (exact) mass is 320 g/mol. The molecular weight excluding hydrogens is 296 g/mol. The number of allylic oxidation sites excluding steroid dienone is 1. The van der Waals surface area contributed by atoms with Crippen LogP contribution in [0.25, 0.3) is 0 Å². The molecule has 1 fully saturated rings. The van der Waals surface area contributed by atoms with Crippen LogP contribution in [0.15, 0.2) is 24.5 Å². The van der Waals surface area contributed by atoms with E-state index in [4.69, 9.17) is 4.74 Å². The molecule has 7 heteroatoms. The molecular formula is C16H24N4O3. The molecule has 1 N–H and O–H groups in total. The molecule has 1 saturated heterocycles. The highest BCUT2D eigenvalue weighted by Crippen LogP contribution is 2.13. The summed E-state index contributed by atoms with van der Waals surface area (Å²) in [5.74, 6) is -0.220. The molecule has 1 aromatic rings. The number of hydrogen-bond donors (Lipinski definition) is 1. The lowest BCUT2D eigenvalue weighted by Gasteiger charge is -2.26. The molecule has 1 aromatic heterocycles. The Morgan fingerprint density at radius 2 is 2.13 bits per heavy atom. The smallest absolute Gasteiger partial charge is 0.244 e. The maximum Gasteiger partial charge on any atom is 0.244 e. The number of amides is 2. The van der Waals surface area contributed by atoms with E-state index in [2.05, 4.69) is 17.0 Å². The van der Waals surface area contributed by atoms with E-state index in [0.717, 1.165) is 5.57 Å². The Kier molecular flexibility index (Phi) is 5.92. The van der Waals surface area contributed by atoms with Crippen molar-refractivity contribution in [3.8, 4) is 0 Å². The fourth-order valence-electron chi connectivity index (χ4n) is 2.45. The van der Waals surface area contributed by atoms with Crippen LogP contribution < -0.4 is 5.32 Å². The molecule has 0 aromatic carbocycles. The van der Waals surface area contributed by atoms with Crippen molar-refractivity contribution in [2.45, 2.75) is 26.8 Å². The van der Waals surface area contributed by atoms with Crippen molar-refractivity contribution in [3.05, 3.63) is 24.5 Å². The normalized spacial score (nSPS) is 16.0. The third-order valence-corrected chi connectivity index (χ3v) is 3.66. The Hall–Kier alpha value is -2.15. The average molecular weight is 320 g/mol. The molecule has 2 heterocycles. The van der Waals surface area contributed by atoms with Crippen molar-refractivity contribution in [2.24, 2.45) is 5.92 Å². The first-order valence-corrected chi connectivity index (χ1v) is 7.79. The van der Waals surface area contributed by atoms with Crippen molar-refractivity contribution in [2.75, 3.05) is 31.6 Å². The second-order valence-electron chi connectivity index (χ2n) is 5.97. The minimum absolute atomic E-state index is 0.00456. The van der Waals surface area contributed by atoms with E-state index >= 15 is 0 Å². The zero-order valence-electron chi connectivity index (χ0n) is 13.7. The van der Waals surface area contributed by atoms with Crippen LogP contribution in [0.5, 0.6) is 0 Å². The summed E-state index contributed by atoms with van der Waals surface area (Å²) in [6.07, 6.45) is 3.87. The third kappa shape index (κ3) is 5.21. The molecule has 0 aliphatic carbocycles. The number of rotatable bonds is 6. The summed E-state index contributed by atoms with van der Waals surface area (Å²) in [6, 6.07) is 0. The first kappa shape index (κ1) is 17.2. The maximum atomic E-state index is 12.1. The van der Waals surface area contributed by atoms with Gasteiger partial charge >= 0.3 is 0 Å². The van der Waals surface area contributed by atoms with Gasteiger partial charge in [-0.25, -0.2) is 0 Å². The third-order valence-electron chi connectivity index (χ3n) is 3.66. The number of morpholine rings is 1. The van der Waals surface area contributed by atoms with Crippen molar-refractivity contribution in [3.63, 3.8) is 0 Å². The number of carbonyl (C=O) groups is 2. The molecule has 2 rings (SSSR count). The van der Waals surface area contributed by atoms with Crippen LogP contribution in [0, 0.1) is 5.92 Å². The highest BCUT2D eigenvalue weighted by atomic mass is 16.5. The van der Waals surface area contributed by atoms with E-state index in [0.29, 0.717) is 38.4 Å². The standard InChI is InChI=1S/C16H24N4O3/c1-12(2)8-13(3)16(22)18-14-9-17-20(10-14)11-15(21)19-4-6-23-7-5-19/h9-10,13H,1,4-8,11H2,2-3H3,(H,18,22)/t13-/m0/s1. The zero-order valence-corrected chi connectivity index (χ0v) is 13.7. The lowest BCUT2D eigenvalue weighted by Crippen LogP contribution is -2.42. The van der Waals surface area contributed by atoms with E-state index in [1.165, 1.54) is 4.68 Å². The molecule has 1 aliphatic rings. The number of ether oxygens (including phenoxy) is 1. The van der Waals surface area contributed by atoms with E-state index in [1.807, 2.05) is 13.8 Å². The molecule has 0 unspecified atom stereocenters. The lowest BCUT2D eigenvalue weighted by molar-refractivity contribution is -0.136. The fourth-order valence-corrected chi connectivity index (χ4v) is 2.45. The second-order valence-corrected chi connectivity index (χ2v) is 5.97. The van der Waals surface area contributed by atoms with Crippen molar-refractivity contribution in [1.29, 1.82) is 0 Å². The molecule has 2 amide bonds. The highest BCUT2D eigenvalue weighted by Gasteiger charge is 2.18. The van der Waals surface area contributed by atoms with E-state index in [9.17, 15) is 9.59 Å². The largest absolute Gasteiger partial charge is 0.378 e. The van der Waals surface area contributed by atoms with Gasteiger partial charge in [0, 0.05) is 25.2 Å². The van der Waals surface area contributed by atoms with Gasteiger partial charge in [0.05, 0.1) is 25.1 Å².